The molecule has 0 bridgehead atoms. The van der Waals surface area contributed by atoms with Crippen LogP contribution in [0, 0.1) is 0 Å². The van der Waals surface area contributed by atoms with Crippen molar-refractivity contribution in [1.29, 1.82) is 0 Å². The largest absolute Gasteiger partial charge is 0.379 e. The highest BCUT2D eigenvalue weighted by Crippen LogP contribution is 2.18. The predicted molar refractivity (Wildman–Crippen MR) is 97.1 cm³/mol. The van der Waals surface area contributed by atoms with E-state index in [2.05, 4.69) is 48.4 Å². The molecule has 1 aliphatic heterocycles. The second kappa shape index (κ2) is 9.04. The zero-order valence-corrected chi connectivity index (χ0v) is 15.2. The van der Waals surface area contributed by atoms with Crippen LogP contribution >= 0.6 is 0 Å². The van der Waals surface area contributed by atoms with Crippen LogP contribution in [-0.2, 0) is 4.74 Å². The molecule has 1 aliphatic rings. The lowest BCUT2D eigenvalue weighted by atomic mass is 10.0. The van der Waals surface area contributed by atoms with E-state index in [9.17, 15) is 4.79 Å². The third kappa shape index (κ3) is 5.49. The summed E-state index contributed by atoms with van der Waals surface area (Å²) in [6.45, 7) is 10.4. The van der Waals surface area contributed by atoms with E-state index < -0.39 is 0 Å². The van der Waals surface area contributed by atoms with Gasteiger partial charge in [-0.2, -0.15) is 0 Å². The van der Waals surface area contributed by atoms with Gasteiger partial charge in [0, 0.05) is 25.2 Å². The summed E-state index contributed by atoms with van der Waals surface area (Å²) in [6, 6.07) is 10.1. The maximum Gasteiger partial charge on any atom is 0.315 e. The third-order valence-electron chi connectivity index (χ3n) is 4.63. The number of rotatable bonds is 7. The van der Waals surface area contributed by atoms with Gasteiger partial charge in [0.05, 0.1) is 19.3 Å². The number of morpholine rings is 1. The first-order chi connectivity index (χ1) is 11.5. The van der Waals surface area contributed by atoms with Crippen LogP contribution in [0.15, 0.2) is 30.3 Å². The van der Waals surface area contributed by atoms with Crippen molar-refractivity contribution < 1.29 is 9.53 Å². The molecule has 1 saturated heterocycles. The van der Waals surface area contributed by atoms with Crippen molar-refractivity contribution in [3.8, 4) is 0 Å². The molecule has 0 radical (unpaired) electrons. The molecule has 0 spiro atoms. The van der Waals surface area contributed by atoms with E-state index in [1.807, 2.05) is 18.2 Å². The van der Waals surface area contributed by atoms with E-state index in [0.29, 0.717) is 6.54 Å². The second-order valence-corrected chi connectivity index (χ2v) is 6.99. The second-order valence-electron chi connectivity index (χ2n) is 6.99. The third-order valence-corrected chi connectivity index (χ3v) is 4.63. The van der Waals surface area contributed by atoms with Gasteiger partial charge in [-0.25, -0.2) is 4.79 Å². The summed E-state index contributed by atoms with van der Waals surface area (Å²) < 4.78 is 5.41. The van der Waals surface area contributed by atoms with Crippen molar-refractivity contribution in [3.63, 3.8) is 0 Å². The number of amides is 2. The number of carbonyl (C=O) groups is 1. The Morgan fingerprint density at radius 3 is 2.54 bits per heavy atom. The van der Waals surface area contributed by atoms with Gasteiger partial charge in [-0.1, -0.05) is 43.7 Å². The Balaban J connectivity index is 1.86. The molecular weight excluding hydrogens is 302 g/mol. The average Bonchev–Trinajstić information content (AvgIpc) is 2.61. The molecule has 2 rings (SSSR count). The van der Waals surface area contributed by atoms with Crippen LogP contribution in [0.1, 0.15) is 45.2 Å². The molecule has 2 amide bonds. The molecule has 5 heteroatoms. The Morgan fingerprint density at radius 1 is 1.25 bits per heavy atom. The summed E-state index contributed by atoms with van der Waals surface area (Å²) in [5.41, 5.74) is 1.08. The van der Waals surface area contributed by atoms with Crippen LogP contribution in [0.3, 0.4) is 0 Å². The van der Waals surface area contributed by atoms with Crippen molar-refractivity contribution in [3.05, 3.63) is 35.9 Å². The maximum atomic E-state index is 12.4. The monoisotopic (exact) mass is 333 g/mol. The van der Waals surface area contributed by atoms with Crippen molar-refractivity contribution in [1.82, 2.24) is 15.5 Å². The number of urea groups is 1. The maximum absolute atomic E-state index is 12.4. The van der Waals surface area contributed by atoms with Crippen molar-refractivity contribution in [2.75, 3.05) is 32.8 Å². The lowest BCUT2D eigenvalue weighted by molar-refractivity contribution is -0.00876. The molecule has 1 aromatic carbocycles. The van der Waals surface area contributed by atoms with E-state index in [1.54, 1.807) is 0 Å². The highest BCUT2D eigenvalue weighted by atomic mass is 16.5. The van der Waals surface area contributed by atoms with Gasteiger partial charge < -0.3 is 15.4 Å². The Hall–Kier alpha value is -1.59. The van der Waals surface area contributed by atoms with Crippen molar-refractivity contribution in [2.45, 2.75) is 45.2 Å². The molecule has 1 aromatic rings. The molecule has 0 aromatic heterocycles. The molecule has 0 aliphatic carbocycles. The minimum Gasteiger partial charge on any atom is -0.379 e. The van der Waals surface area contributed by atoms with Crippen LogP contribution < -0.4 is 10.6 Å². The molecule has 1 atom stereocenters. The fourth-order valence-electron chi connectivity index (χ4n) is 3.08. The van der Waals surface area contributed by atoms with Crippen molar-refractivity contribution in [2.24, 2.45) is 0 Å². The van der Waals surface area contributed by atoms with Gasteiger partial charge in [-0.3, -0.25) is 4.90 Å². The van der Waals surface area contributed by atoms with E-state index in [1.165, 1.54) is 0 Å². The number of nitrogens with one attached hydrogen (secondary N) is 2. The van der Waals surface area contributed by atoms with Gasteiger partial charge in [0.1, 0.15) is 0 Å². The lowest BCUT2D eigenvalue weighted by Crippen LogP contribution is -2.56. The normalized spacial score (nSPS) is 17.3. The SMILES string of the molecule is CCC[C@H](NC(=O)NCC(C)(C)N1CCOCC1)c1ccccc1. The smallest absolute Gasteiger partial charge is 0.315 e. The number of ether oxygens (including phenoxy) is 1. The predicted octanol–water partition coefficient (Wildman–Crippen LogP) is 2.94. The molecule has 134 valence electrons. The first-order valence-electron chi connectivity index (χ1n) is 8.95. The quantitative estimate of drug-likeness (QED) is 0.807. The zero-order valence-electron chi connectivity index (χ0n) is 15.2. The van der Waals surface area contributed by atoms with Crippen LogP contribution in [0.2, 0.25) is 0 Å². The van der Waals surface area contributed by atoms with Gasteiger partial charge in [-0.05, 0) is 25.8 Å². The lowest BCUT2D eigenvalue weighted by Gasteiger charge is -2.40. The summed E-state index contributed by atoms with van der Waals surface area (Å²) in [5, 5.41) is 6.16. The summed E-state index contributed by atoms with van der Waals surface area (Å²) in [7, 11) is 0. The number of benzene rings is 1. The molecule has 2 N–H and O–H groups in total. The molecule has 0 saturated carbocycles. The fraction of sp³-hybridized carbons (Fsp3) is 0.632. The van der Waals surface area contributed by atoms with E-state index >= 15 is 0 Å². The van der Waals surface area contributed by atoms with Gasteiger partial charge in [0.2, 0.25) is 0 Å². The van der Waals surface area contributed by atoms with Crippen LogP contribution in [0.5, 0.6) is 0 Å². The Kier molecular flexibility index (Phi) is 7.06. The molecular formula is C19H31N3O2. The van der Waals surface area contributed by atoms with Gasteiger partial charge in [-0.15, -0.1) is 0 Å². The average molecular weight is 333 g/mol. The van der Waals surface area contributed by atoms with Crippen LogP contribution in [0.25, 0.3) is 0 Å². The van der Waals surface area contributed by atoms with E-state index in [4.69, 9.17) is 4.74 Å². The van der Waals surface area contributed by atoms with E-state index in [-0.39, 0.29) is 17.6 Å². The Morgan fingerprint density at radius 2 is 1.92 bits per heavy atom. The number of hydrogen-bond acceptors (Lipinski definition) is 3. The number of carbonyl (C=O) groups excluding carboxylic acids is 1. The fourth-order valence-corrected chi connectivity index (χ4v) is 3.08. The minimum atomic E-state index is -0.0985. The minimum absolute atomic E-state index is 0.0581. The zero-order chi connectivity index (χ0) is 17.4. The molecule has 5 nitrogen and oxygen atoms in total. The van der Waals surface area contributed by atoms with Crippen LogP contribution in [-0.4, -0.2) is 49.3 Å². The highest BCUT2D eigenvalue weighted by molar-refractivity contribution is 5.74. The molecule has 1 heterocycles. The van der Waals surface area contributed by atoms with E-state index in [0.717, 1.165) is 44.7 Å². The first kappa shape index (κ1) is 18.7. The summed E-state index contributed by atoms with van der Waals surface area (Å²) in [4.78, 5) is 14.7. The Labute approximate surface area is 145 Å². The van der Waals surface area contributed by atoms with Crippen LogP contribution in [0.4, 0.5) is 4.79 Å². The van der Waals surface area contributed by atoms with Gasteiger partial charge in [0.15, 0.2) is 0 Å². The molecule has 24 heavy (non-hydrogen) atoms. The standard InChI is InChI=1S/C19H31N3O2/c1-4-8-17(16-9-6-5-7-10-16)21-18(23)20-15-19(2,3)22-11-13-24-14-12-22/h5-7,9-10,17H,4,8,11-15H2,1-3H3,(H2,20,21,23)/t17-/m0/s1. The molecule has 1 fully saturated rings. The first-order valence-corrected chi connectivity index (χ1v) is 8.95. The topological polar surface area (TPSA) is 53.6 Å². The summed E-state index contributed by atoms with van der Waals surface area (Å²) in [5.74, 6) is 0. The Bertz CT molecular complexity index is 499. The van der Waals surface area contributed by atoms with Gasteiger partial charge >= 0.3 is 6.03 Å². The number of nitrogens with zero attached hydrogens (tertiary/aromatic N) is 1. The highest BCUT2D eigenvalue weighted by Gasteiger charge is 2.28. The summed E-state index contributed by atoms with van der Waals surface area (Å²) >= 11 is 0. The van der Waals surface area contributed by atoms with Crippen molar-refractivity contribution >= 4 is 6.03 Å². The van der Waals surface area contributed by atoms with Gasteiger partial charge in [0.25, 0.3) is 0 Å². The molecule has 0 unspecified atom stereocenters. The number of hydrogen-bond donors (Lipinski definition) is 2. The summed E-state index contributed by atoms with van der Waals surface area (Å²) in [6.07, 6.45) is 1.96.